The lowest BCUT2D eigenvalue weighted by Gasteiger charge is -2.25. The van der Waals surface area contributed by atoms with E-state index in [1.807, 2.05) is 0 Å². The summed E-state index contributed by atoms with van der Waals surface area (Å²) in [6.45, 7) is 2.00. The average molecular weight is 332 g/mol. The minimum Gasteiger partial charge on any atom is -0.480 e. The molecule has 0 spiro atoms. The Kier molecular flexibility index (Phi) is 4.96. The molecule has 1 aromatic carbocycles. The van der Waals surface area contributed by atoms with Crippen molar-refractivity contribution in [1.82, 2.24) is 4.90 Å². The number of halogens is 2. The maximum Gasteiger partial charge on any atom is 0.326 e. The molecule has 7 heteroatoms. The first-order chi connectivity index (χ1) is 9.90. The van der Waals surface area contributed by atoms with Gasteiger partial charge in [-0.1, -0.05) is 23.2 Å². The first kappa shape index (κ1) is 15.9. The van der Waals surface area contributed by atoms with Crippen LogP contribution in [0.3, 0.4) is 0 Å². The van der Waals surface area contributed by atoms with Crippen molar-refractivity contribution in [3.63, 3.8) is 0 Å². The van der Waals surface area contributed by atoms with E-state index in [0.29, 0.717) is 35.2 Å². The standard InChI is InChI=1S/C14H15Cl2NO4/c1-8(21-12-5-4-9(15)7-10(12)16)13(18)17-6-2-3-11(17)14(19)20/h4-5,7-8,11H,2-3,6H2,1H3,(H,19,20)/t8?,11-/m1/s1. The third-order valence-corrected chi connectivity index (χ3v) is 3.90. The van der Waals surface area contributed by atoms with Crippen molar-refractivity contribution in [3.05, 3.63) is 28.2 Å². The van der Waals surface area contributed by atoms with Crippen LogP contribution in [0.5, 0.6) is 5.75 Å². The third kappa shape index (κ3) is 3.60. The number of ether oxygens (including phenoxy) is 1. The van der Waals surface area contributed by atoms with E-state index in [9.17, 15) is 9.59 Å². The molecule has 0 saturated carbocycles. The number of hydrogen-bond acceptors (Lipinski definition) is 3. The van der Waals surface area contributed by atoms with Crippen LogP contribution in [0, 0.1) is 0 Å². The number of aliphatic carboxylic acids is 1. The molecule has 2 atom stereocenters. The molecule has 5 nitrogen and oxygen atoms in total. The Labute approximate surface area is 132 Å². The Morgan fingerprint density at radius 3 is 2.76 bits per heavy atom. The Morgan fingerprint density at radius 1 is 1.43 bits per heavy atom. The molecule has 1 aliphatic rings. The van der Waals surface area contributed by atoms with Gasteiger partial charge in [0.15, 0.2) is 6.10 Å². The number of carboxylic acids is 1. The number of amides is 1. The summed E-state index contributed by atoms with van der Waals surface area (Å²) in [5.74, 6) is -1.00. The predicted molar refractivity (Wildman–Crippen MR) is 78.9 cm³/mol. The first-order valence-corrected chi connectivity index (χ1v) is 7.30. The third-order valence-electron chi connectivity index (χ3n) is 3.37. The zero-order valence-corrected chi connectivity index (χ0v) is 12.9. The van der Waals surface area contributed by atoms with Crippen LogP contribution in [0.4, 0.5) is 0 Å². The number of likely N-dealkylation sites (tertiary alicyclic amines) is 1. The Bertz CT molecular complexity index is 564. The number of carbonyl (C=O) groups is 2. The van der Waals surface area contributed by atoms with E-state index in [4.69, 9.17) is 33.0 Å². The van der Waals surface area contributed by atoms with E-state index in [1.165, 1.54) is 11.0 Å². The maximum absolute atomic E-state index is 12.3. The largest absolute Gasteiger partial charge is 0.480 e. The number of hydrogen-bond donors (Lipinski definition) is 1. The van der Waals surface area contributed by atoms with Crippen molar-refractivity contribution >= 4 is 35.1 Å². The Balaban J connectivity index is 2.07. The molecule has 21 heavy (non-hydrogen) atoms. The molecule has 1 N–H and O–H groups in total. The molecule has 1 aromatic rings. The van der Waals surface area contributed by atoms with Crippen molar-refractivity contribution in [2.24, 2.45) is 0 Å². The zero-order valence-electron chi connectivity index (χ0n) is 11.4. The van der Waals surface area contributed by atoms with E-state index < -0.39 is 18.1 Å². The lowest BCUT2D eigenvalue weighted by molar-refractivity contribution is -0.150. The van der Waals surface area contributed by atoms with Crippen LogP contribution >= 0.6 is 23.2 Å². The monoisotopic (exact) mass is 331 g/mol. The van der Waals surface area contributed by atoms with Crippen molar-refractivity contribution < 1.29 is 19.4 Å². The summed E-state index contributed by atoms with van der Waals surface area (Å²) in [5, 5.41) is 9.88. The van der Waals surface area contributed by atoms with Crippen LogP contribution in [0.25, 0.3) is 0 Å². The van der Waals surface area contributed by atoms with Crippen molar-refractivity contribution in [2.45, 2.75) is 31.9 Å². The van der Waals surface area contributed by atoms with E-state index >= 15 is 0 Å². The lowest BCUT2D eigenvalue weighted by Crippen LogP contribution is -2.46. The highest BCUT2D eigenvalue weighted by atomic mass is 35.5. The fourth-order valence-corrected chi connectivity index (χ4v) is 2.79. The fraction of sp³-hybridized carbons (Fsp3) is 0.429. The van der Waals surface area contributed by atoms with Crippen molar-refractivity contribution in [3.8, 4) is 5.75 Å². The van der Waals surface area contributed by atoms with E-state index in [-0.39, 0.29) is 5.91 Å². The first-order valence-electron chi connectivity index (χ1n) is 6.55. The van der Waals surface area contributed by atoms with Gasteiger partial charge in [0, 0.05) is 11.6 Å². The quantitative estimate of drug-likeness (QED) is 0.921. The molecular formula is C14H15Cl2NO4. The Hall–Kier alpha value is -1.46. The van der Waals surface area contributed by atoms with Crippen molar-refractivity contribution in [2.75, 3.05) is 6.54 Å². The molecule has 0 bridgehead atoms. The van der Waals surface area contributed by atoms with Crippen LogP contribution in [0.1, 0.15) is 19.8 Å². The molecule has 114 valence electrons. The van der Waals surface area contributed by atoms with Gasteiger partial charge in [0.2, 0.25) is 0 Å². The minimum absolute atomic E-state index is 0.304. The molecule has 1 aliphatic heterocycles. The number of rotatable bonds is 4. The molecule has 1 fully saturated rings. The number of benzene rings is 1. The highest BCUT2D eigenvalue weighted by Gasteiger charge is 2.36. The molecule has 2 rings (SSSR count). The van der Waals surface area contributed by atoms with Crippen LogP contribution in [0.15, 0.2) is 18.2 Å². The lowest BCUT2D eigenvalue weighted by atomic mass is 10.2. The topological polar surface area (TPSA) is 66.8 Å². The Morgan fingerprint density at radius 2 is 2.14 bits per heavy atom. The average Bonchev–Trinajstić information content (AvgIpc) is 2.90. The zero-order chi connectivity index (χ0) is 15.6. The maximum atomic E-state index is 12.3. The highest BCUT2D eigenvalue weighted by molar-refractivity contribution is 6.35. The molecule has 1 saturated heterocycles. The van der Waals surface area contributed by atoms with Gasteiger partial charge in [-0.2, -0.15) is 0 Å². The summed E-state index contributed by atoms with van der Waals surface area (Å²) in [7, 11) is 0. The second-order valence-corrected chi connectivity index (χ2v) is 5.71. The van der Waals surface area contributed by atoms with Gasteiger partial charge >= 0.3 is 5.97 Å². The van der Waals surface area contributed by atoms with Gasteiger partial charge in [-0.25, -0.2) is 4.79 Å². The molecule has 1 unspecified atom stereocenters. The van der Waals surface area contributed by atoms with Gasteiger partial charge < -0.3 is 14.7 Å². The van der Waals surface area contributed by atoms with Crippen LogP contribution in [-0.2, 0) is 9.59 Å². The molecule has 1 heterocycles. The number of nitrogens with zero attached hydrogens (tertiary/aromatic N) is 1. The second-order valence-electron chi connectivity index (χ2n) is 4.86. The van der Waals surface area contributed by atoms with E-state index in [1.54, 1.807) is 19.1 Å². The van der Waals surface area contributed by atoms with Gasteiger partial charge in [-0.3, -0.25) is 4.79 Å². The van der Waals surface area contributed by atoms with Crippen LogP contribution in [0.2, 0.25) is 10.0 Å². The molecule has 0 aromatic heterocycles. The fourth-order valence-electron chi connectivity index (χ4n) is 2.33. The minimum atomic E-state index is -0.988. The van der Waals surface area contributed by atoms with Crippen LogP contribution in [-0.4, -0.2) is 40.6 Å². The summed E-state index contributed by atoms with van der Waals surface area (Å²) >= 11 is 11.8. The summed E-state index contributed by atoms with van der Waals surface area (Å²) in [5.41, 5.74) is 0. The van der Waals surface area contributed by atoms with Gasteiger partial charge in [0.25, 0.3) is 5.91 Å². The normalized spacial score (nSPS) is 19.4. The second kappa shape index (κ2) is 6.54. The highest BCUT2D eigenvalue weighted by Crippen LogP contribution is 2.29. The molecule has 0 aliphatic carbocycles. The van der Waals surface area contributed by atoms with Gasteiger partial charge in [0.05, 0.1) is 5.02 Å². The molecule has 0 radical (unpaired) electrons. The van der Waals surface area contributed by atoms with Gasteiger partial charge in [-0.15, -0.1) is 0 Å². The van der Waals surface area contributed by atoms with E-state index in [0.717, 1.165) is 0 Å². The van der Waals surface area contributed by atoms with E-state index in [2.05, 4.69) is 0 Å². The SMILES string of the molecule is CC(Oc1ccc(Cl)cc1Cl)C(=O)N1CCC[C@@H]1C(=O)O. The van der Waals surface area contributed by atoms with Crippen LogP contribution < -0.4 is 4.74 Å². The summed E-state index contributed by atoms with van der Waals surface area (Å²) in [4.78, 5) is 24.8. The van der Waals surface area contributed by atoms with Crippen molar-refractivity contribution in [1.29, 1.82) is 0 Å². The smallest absolute Gasteiger partial charge is 0.326 e. The molecular weight excluding hydrogens is 317 g/mol. The predicted octanol–water partition coefficient (Wildman–Crippen LogP) is 2.84. The van der Waals surface area contributed by atoms with Gasteiger partial charge in [0.1, 0.15) is 11.8 Å². The summed E-state index contributed by atoms with van der Waals surface area (Å²) < 4.78 is 5.53. The summed E-state index contributed by atoms with van der Waals surface area (Å²) in [6, 6.07) is 3.93. The number of carboxylic acid groups (broad SMARTS) is 1. The number of carbonyl (C=O) groups excluding carboxylic acids is 1. The van der Waals surface area contributed by atoms with Gasteiger partial charge in [-0.05, 0) is 38.0 Å². The molecule has 1 amide bonds. The summed E-state index contributed by atoms with van der Waals surface area (Å²) in [6.07, 6.45) is 0.329.